The molecule has 0 N–H and O–H groups in total. The van der Waals surface area contributed by atoms with Crippen LogP contribution in [0.4, 0.5) is 0 Å². The van der Waals surface area contributed by atoms with Crippen LogP contribution in [0.1, 0.15) is 310 Å². The third-order valence-electron chi connectivity index (χ3n) is 13.3. The minimum absolute atomic E-state index is 0.0828. The molecule has 0 aromatic carbocycles. The normalized spacial score (nSPS) is 12.4. The summed E-state index contributed by atoms with van der Waals surface area (Å²) in [5.74, 6) is -0.906. The molecule has 0 bridgehead atoms. The molecular formula is C64H114O6. The second-order valence-corrected chi connectivity index (χ2v) is 20.2. The van der Waals surface area contributed by atoms with Crippen molar-refractivity contribution in [3.8, 4) is 0 Å². The van der Waals surface area contributed by atoms with Crippen molar-refractivity contribution in [1.29, 1.82) is 0 Å². The zero-order valence-corrected chi connectivity index (χ0v) is 46.5. The molecule has 0 aliphatic heterocycles. The van der Waals surface area contributed by atoms with Gasteiger partial charge in [-0.15, -0.1) is 0 Å². The molecular weight excluding hydrogens is 865 g/mol. The van der Waals surface area contributed by atoms with E-state index in [4.69, 9.17) is 14.2 Å². The number of unbranched alkanes of at least 4 members (excludes halogenated alkanes) is 34. The zero-order chi connectivity index (χ0) is 50.7. The van der Waals surface area contributed by atoms with Gasteiger partial charge in [-0.3, -0.25) is 14.4 Å². The maximum atomic E-state index is 12.8. The van der Waals surface area contributed by atoms with Crippen molar-refractivity contribution in [2.45, 2.75) is 316 Å². The molecule has 0 aliphatic carbocycles. The van der Waals surface area contributed by atoms with Crippen molar-refractivity contribution >= 4 is 17.9 Å². The van der Waals surface area contributed by atoms with Gasteiger partial charge < -0.3 is 14.2 Å². The van der Waals surface area contributed by atoms with Gasteiger partial charge in [-0.2, -0.15) is 0 Å². The number of allylic oxidation sites excluding steroid dienone is 10. The highest BCUT2D eigenvalue weighted by molar-refractivity contribution is 5.71. The molecule has 0 fully saturated rings. The molecule has 70 heavy (non-hydrogen) atoms. The Balaban J connectivity index is 4.02. The number of ether oxygens (including phenoxy) is 3. The van der Waals surface area contributed by atoms with Crippen molar-refractivity contribution in [3.63, 3.8) is 0 Å². The van der Waals surface area contributed by atoms with Crippen LogP contribution >= 0.6 is 0 Å². The van der Waals surface area contributed by atoms with Gasteiger partial charge in [0.1, 0.15) is 13.2 Å². The van der Waals surface area contributed by atoms with Gasteiger partial charge in [0.25, 0.3) is 0 Å². The lowest BCUT2D eigenvalue weighted by Crippen LogP contribution is -2.30. The molecule has 0 spiro atoms. The second kappa shape index (κ2) is 58.7. The van der Waals surface area contributed by atoms with Gasteiger partial charge in [-0.05, 0) is 83.5 Å². The molecule has 0 aromatic rings. The van der Waals surface area contributed by atoms with Crippen molar-refractivity contribution in [2.24, 2.45) is 0 Å². The van der Waals surface area contributed by atoms with E-state index in [1.807, 2.05) is 0 Å². The minimum Gasteiger partial charge on any atom is -0.462 e. The summed E-state index contributed by atoms with van der Waals surface area (Å²) in [6.45, 7) is 6.48. The lowest BCUT2D eigenvalue weighted by atomic mass is 10.0. The van der Waals surface area contributed by atoms with E-state index in [1.54, 1.807) is 0 Å². The van der Waals surface area contributed by atoms with Gasteiger partial charge in [-0.1, -0.05) is 268 Å². The van der Waals surface area contributed by atoms with Crippen LogP contribution in [0.15, 0.2) is 60.8 Å². The van der Waals surface area contributed by atoms with Gasteiger partial charge in [0.05, 0.1) is 0 Å². The van der Waals surface area contributed by atoms with E-state index in [0.29, 0.717) is 19.3 Å². The Morgan fingerprint density at radius 3 is 0.886 bits per heavy atom. The minimum atomic E-state index is -0.784. The van der Waals surface area contributed by atoms with Crippen LogP contribution in [0.5, 0.6) is 0 Å². The summed E-state index contributed by atoms with van der Waals surface area (Å²) in [6.07, 6.45) is 74.1. The second-order valence-electron chi connectivity index (χ2n) is 20.2. The van der Waals surface area contributed by atoms with E-state index in [1.165, 1.54) is 180 Å². The molecule has 6 heteroatoms. The van der Waals surface area contributed by atoms with E-state index < -0.39 is 6.10 Å². The molecule has 1 atom stereocenters. The van der Waals surface area contributed by atoms with Crippen LogP contribution in [-0.2, 0) is 28.6 Å². The largest absolute Gasteiger partial charge is 0.462 e. The summed E-state index contributed by atoms with van der Waals surface area (Å²) >= 11 is 0. The predicted octanol–water partition coefficient (Wildman–Crippen LogP) is 20.4. The van der Waals surface area contributed by atoms with Gasteiger partial charge in [0.15, 0.2) is 6.10 Å². The lowest BCUT2D eigenvalue weighted by molar-refractivity contribution is -0.167. The van der Waals surface area contributed by atoms with Gasteiger partial charge in [-0.25, -0.2) is 0 Å². The summed E-state index contributed by atoms with van der Waals surface area (Å²) in [7, 11) is 0. The summed E-state index contributed by atoms with van der Waals surface area (Å²) in [5.41, 5.74) is 0. The van der Waals surface area contributed by atoms with Gasteiger partial charge >= 0.3 is 17.9 Å². The fourth-order valence-corrected chi connectivity index (χ4v) is 8.72. The number of rotatable bonds is 55. The molecule has 0 aromatic heterocycles. The molecule has 0 saturated carbocycles. The van der Waals surface area contributed by atoms with Gasteiger partial charge in [0, 0.05) is 19.3 Å². The molecule has 406 valence electrons. The Morgan fingerprint density at radius 1 is 0.300 bits per heavy atom. The van der Waals surface area contributed by atoms with Crippen LogP contribution in [0, 0.1) is 0 Å². The average Bonchev–Trinajstić information content (AvgIpc) is 3.36. The van der Waals surface area contributed by atoms with E-state index in [2.05, 4.69) is 81.5 Å². The highest BCUT2D eigenvalue weighted by Gasteiger charge is 2.19. The fraction of sp³-hybridized carbons (Fsp3) is 0.797. The Bertz CT molecular complexity index is 1260. The molecule has 1 unspecified atom stereocenters. The first-order valence-corrected chi connectivity index (χ1v) is 30.3. The van der Waals surface area contributed by atoms with Gasteiger partial charge in [0.2, 0.25) is 0 Å². The number of hydrogen-bond acceptors (Lipinski definition) is 6. The third-order valence-corrected chi connectivity index (χ3v) is 13.3. The highest BCUT2D eigenvalue weighted by Crippen LogP contribution is 2.17. The topological polar surface area (TPSA) is 78.9 Å². The zero-order valence-electron chi connectivity index (χ0n) is 46.5. The van der Waals surface area contributed by atoms with Crippen molar-refractivity contribution in [2.75, 3.05) is 13.2 Å². The average molecular weight is 980 g/mol. The van der Waals surface area contributed by atoms with Crippen molar-refractivity contribution < 1.29 is 28.6 Å². The maximum Gasteiger partial charge on any atom is 0.306 e. The quantitative estimate of drug-likeness (QED) is 0.0261. The maximum absolute atomic E-state index is 12.8. The molecule has 0 amide bonds. The summed E-state index contributed by atoms with van der Waals surface area (Å²) in [5, 5.41) is 0. The Hall–Kier alpha value is -2.89. The SMILES string of the molecule is CC/C=C\C/C=C\C/C=C\CCCCCC(=O)OC(COC(=O)CCCCCCCCCC)COC(=O)CCCCCCCCCCCCCCCCCCCCC/C=C\C/C=C\CCCCCCC. The van der Waals surface area contributed by atoms with Crippen LogP contribution in [-0.4, -0.2) is 37.2 Å². The van der Waals surface area contributed by atoms with Crippen LogP contribution in [0.2, 0.25) is 0 Å². The third kappa shape index (κ3) is 56.0. The molecule has 0 heterocycles. The summed E-state index contributed by atoms with van der Waals surface area (Å²) in [4.78, 5) is 37.9. The van der Waals surface area contributed by atoms with Crippen molar-refractivity contribution in [3.05, 3.63) is 60.8 Å². The first-order chi connectivity index (χ1) is 34.5. The van der Waals surface area contributed by atoms with Crippen LogP contribution in [0.25, 0.3) is 0 Å². The van der Waals surface area contributed by atoms with E-state index in [9.17, 15) is 14.4 Å². The standard InChI is InChI=1S/C64H114O6/c1-4-7-10-13-16-19-21-23-24-25-26-27-28-29-30-31-32-33-34-35-36-37-38-39-40-42-43-45-48-51-54-57-63(66)69-60-61(59-68-62(65)56-53-50-47-18-15-12-9-6-3)70-64(67)58-55-52-49-46-44-41-22-20-17-14-11-8-5-2/h8,11,17,20-21,23,25-26,41,44,61H,4-7,9-10,12-16,18-19,22,24,27-40,42-43,45-60H2,1-3H3/b11-8-,20-17-,23-21-,26-25-,44-41-. The van der Waals surface area contributed by atoms with Crippen LogP contribution in [0.3, 0.4) is 0 Å². The molecule has 0 saturated heterocycles. The first kappa shape index (κ1) is 67.1. The number of carbonyl (C=O) groups is 3. The molecule has 6 nitrogen and oxygen atoms in total. The van der Waals surface area contributed by atoms with Crippen LogP contribution < -0.4 is 0 Å². The van der Waals surface area contributed by atoms with E-state index in [-0.39, 0.29) is 31.1 Å². The number of hydrogen-bond donors (Lipinski definition) is 0. The summed E-state index contributed by atoms with van der Waals surface area (Å²) in [6, 6.07) is 0. The predicted molar refractivity (Wildman–Crippen MR) is 302 cm³/mol. The lowest BCUT2D eigenvalue weighted by Gasteiger charge is -2.18. The van der Waals surface area contributed by atoms with Crippen molar-refractivity contribution in [1.82, 2.24) is 0 Å². The highest BCUT2D eigenvalue weighted by atomic mass is 16.6. The van der Waals surface area contributed by atoms with E-state index in [0.717, 1.165) is 89.9 Å². The Labute approximate surface area is 434 Å². The molecule has 0 radical (unpaired) electrons. The van der Waals surface area contributed by atoms with E-state index >= 15 is 0 Å². The summed E-state index contributed by atoms with van der Waals surface area (Å²) < 4.78 is 16.8. The number of carbonyl (C=O) groups excluding carboxylic acids is 3. The smallest absolute Gasteiger partial charge is 0.306 e. The monoisotopic (exact) mass is 979 g/mol. The number of esters is 3. The molecule has 0 aliphatic rings. The Morgan fingerprint density at radius 2 is 0.557 bits per heavy atom. The first-order valence-electron chi connectivity index (χ1n) is 30.3. The fourth-order valence-electron chi connectivity index (χ4n) is 8.72. The molecule has 0 rings (SSSR count). The Kier molecular flexibility index (Phi) is 56.3.